The predicted octanol–water partition coefficient (Wildman–Crippen LogP) is 2.86. The Morgan fingerprint density at radius 1 is 1.18 bits per heavy atom. The van der Waals surface area contributed by atoms with Crippen molar-refractivity contribution in [3.8, 4) is 0 Å². The summed E-state index contributed by atoms with van der Waals surface area (Å²) in [6.07, 6.45) is 1.21. The molecule has 0 atom stereocenters. The number of hydrogen-bond donors (Lipinski definition) is 1. The summed E-state index contributed by atoms with van der Waals surface area (Å²) in [5, 5.41) is 3.29. The summed E-state index contributed by atoms with van der Waals surface area (Å²) in [6.45, 7) is 11.2. The topological polar surface area (TPSA) is 12.0 Å². The van der Waals surface area contributed by atoms with Gasteiger partial charge < -0.3 is 5.32 Å². The minimum Gasteiger partial charge on any atom is -0.306 e. The maximum absolute atomic E-state index is 3.29. The van der Waals surface area contributed by atoms with Gasteiger partial charge in [-0.1, -0.05) is 20.8 Å². The Morgan fingerprint density at radius 2 is 1.64 bits per heavy atom. The van der Waals surface area contributed by atoms with E-state index in [-0.39, 0.29) is 4.87 Å². The highest BCUT2D eigenvalue weighted by Crippen LogP contribution is 2.36. The van der Waals surface area contributed by atoms with E-state index in [1.165, 1.54) is 6.42 Å². The standard InChI is InChI=1S/C9H21NS/c1-7-8(2,3)11-9(4,5)10-6/h10H,7H2,1-6H3. The molecule has 0 aliphatic rings. The van der Waals surface area contributed by atoms with Crippen LogP contribution >= 0.6 is 11.8 Å². The van der Waals surface area contributed by atoms with E-state index in [1.807, 2.05) is 18.8 Å². The molecule has 1 nitrogen and oxygen atoms in total. The van der Waals surface area contributed by atoms with E-state index in [2.05, 4.69) is 39.9 Å². The highest BCUT2D eigenvalue weighted by atomic mass is 32.2. The third kappa shape index (κ3) is 4.70. The van der Waals surface area contributed by atoms with E-state index in [1.54, 1.807) is 0 Å². The second kappa shape index (κ2) is 3.81. The zero-order chi connectivity index (χ0) is 9.12. The number of nitrogens with one attached hydrogen (secondary N) is 1. The molecule has 0 aromatic heterocycles. The van der Waals surface area contributed by atoms with Gasteiger partial charge in [0.05, 0.1) is 4.87 Å². The van der Waals surface area contributed by atoms with Crippen LogP contribution < -0.4 is 5.32 Å². The molecule has 0 amide bonds. The van der Waals surface area contributed by atoms with Crippen molar-refractivity contribution in [2.45, 2.75) is 50.7 Å². The first-order valence-corrected chi connectivity index (χ1v) is 5.04. The molecule has 0 saturated carbocycles. The van der Waals surface area contributed by atoms with Crippen molar-refractivity contribution < 1.29 is 0 Å². The molecular weight excluding hydrogens is 154 g/mol. The van der Waals surface area contributed by atoms with Crippen LogP contribution in [0.5, 0.6) is 0 Å². The van der Waals surface area contributed by atoms with Gasteiger partial charge in [-0.15, -0.1) is 11.8 Å². The van der Waals surface area contributed by atoms with Gasteiger partial charge >= 0.3 is 0 Å². The van der Waals surface area contributed by atoms with Crippen molar-refractivity contribution in [3.63, 3.8) is 0 Å². The SMILES string of the molecule is CCC(C)(C)SC(C)(C)NC. The molecule has 11 heavy (non-hydrogen) atoms. The zero-order valence-corrected chi connectivity index (χ0v) is 9.43. The fourth-order valence-corrected chi connectivity index (χ4v) is 2.44. The third-order valence-corrected chi connectivity index (χ3v) is 3.54. The number of thioether (sulfide) groups is 1. The van der Waals surface area contributed by atoms with Gasteiger partial charge in [0.1, 0.15) is 0 Å². The molecule has 0 unspecified atom stereocenters. The molecule has 1 N–H and O–H groups in total. The third-order valence-electron chi connectivity index (χ3n) is 1.98. The molecular formula is C9H21NS. The Hall–Kier alpha value is 0.310. The van der Waals surface area contributed by atoms with Crippen LogP contribution in [-0.2, 0) is 0 Å². The van der Waals surface area contributed by atoms with Gasteiger partial charge in [-0.25, -0.2) is 0 Å². The van der Waals surface area contributed by atoms with Crippen LogP contribution in [0.2, 0.25) is 0 Å². The van der Waals surface area contributed by atoms with Crippen LogP contribution in [0.4, 0.5) is 0 Å². The minimum atomic E-state index is 0.194. The van der Waals surface area contributed by atoms with Crippen LogP contribution in [-0.4, -0.2) is 16.7 Å². The van der Waals surface area contributed by atoms with Crippen LogP contribution in [0, 0.1) is 0 Å². The molecule has 0 radical (unpaired) electrons. The van der Waals surface area contributed by atoms with Gasteiger partial charge in [0, 0.05) is 4.75 Å². The Morgan fingerprint density at radius 3 is 1.91 bits per heavy atom. The lowest BCUT2D eigenvalue weighted by Gasteiger charge is -2.33. The summed E-state index contributed by atoms with van der Waals surface area (Å²) in [6, 6.07) is 0. The average molecular weight is 175 g/mol. The van der Waals surface area contributed by atoms with Gasteiger partial charge in [0.2, 0.25) is 0 Å². The van der Waals surface area contributed by atoms with Crippen molar-refractivity contribution in [2.75, 3.05) is 7.05 Å². The van der Waals surface area contributed by atoms with E-state index in [0.717, 1.165) is 0 Å². The van der Waals surface area contributed by atoms with E-state index < -0.39 is 0 Å². The summed E-state index contributed by atoms with van der Waals surface area (Å²) in [4.78, 5) is 0.194. The van der Waals surface area contributed by atoms with Crippen LogP contribution in [0.15, 0.2) is 0 Å². The van der Waals surface area contributed by atoms with Crippen molar-refractivity contribution in [2.24, 2.45) is 0 Å². The Labute approximate surface area is 75.3 Å². The molecule has 0 aliphatic heterocycles. The normalized spacial score (nSPS) is 13.6. The summed E-state index contributed by atoms with van der Waals surface area (Å²) in [5.74, 6) is 0. The highest BCUT2D eigenvalue weighted by Gasteiger charge is 2.26. The number of rotatable bonds is 4. The van der Waals surface area contributed by atoms with Gasteiger partial charge in [-0.2, -0.15) is 0 Å². The van der Waals surface area contributed by atoms with Gasteiger partial charge in [0.15, 0.2) is 0 Å². The van der Waals surface area contributed by atoms with Crippen molar-refractivity contribution in [1.29, 1.82) is 0 Å². The van der Waals surface area contributed by atoms with Gasteiger partial charge in [-0.05, 0) is 27.3 Å². The first kappa shape index (κ1) is 11.3. The predicted molar refractivity (Wildman–Crippen MR) is 55.1 cm³/mol. The molecule has 0 spiro atoms. The molecule has 0 aliphatic carbocycles. The summed E-state index contributed by atoms with van der Waals surface area (Å²) >= 11 is 1.99. The fourth-order valence-electron chi connectivity index (χ4n) is 0.814. The molecule has 2 heteroatoms. The van der Waals surface area contributed by atoms with Crippen molar-refractivity contribution in [3.05, 3.63) is 0 Å². The summed E-state index contributed by atoms with van der Waals surface area (Å²) < 4.78 is 0.381. The highest BCUT2D eigenvalue weighted by molar-refractivity contribution is 8.01. The molecule has 0 rings (SSSR count). The summed E-state index contributed by atoms with van der Waals surface area (Å²) in [5.41, 5.74) is 0. The number of hydrogen-bond acceptors (Lipinski definition) is 2. The first-order valence-electron chi connectivity index (χ1n) is 4.22. The largest absolute Gasteiger partial charge is 0.306 e. The lowest BCUT2D eigenvalue weighted by Crippen LogP contribution is -2.37. The van der Waals surface area contributed by atoms with Gasteiger partial charge in [0.25, 0.3) is 0 Å². The van der Waals surface area contributed by atoms with E-state index in [9.17, 15) is 0 Å². The monoisotopic (exact) mass is 175 g/mol. The molecule has 0 aromatic carbocycles. The molecule has 0 aromatic rings. The molecule has 0 fully saturated rings. The van der Waals surface area contributed by atoms with E-state index in [4.69, 9.17) is 0 Å². The minimum absolute atomic E-state index is 0.194. The average Bonchev–Trinajstić information content (AvgIpc) is 1.86. The fraction of sp³-hybridized carbons (Fsp3) is 1.00. The van der Waals surface area contributed by atoms with Crippen LogP contribution in [0.3, 0.4) is 0 Å². The Kier molecular flexibility index (Phi) is 3.92. The first-order chi connectivity index (χ1) is 4.83. The van der Waals surface area contributed by atoms with Crippen LogP contribution in [0.25, 0.3) is 0 Å². The summed E-state index contributed by atoms with van der Waals surface area (Å²) in [7, 11) is 2.01. The van der Waals surface area contributed by atoms with Crippen molar-refractivity contribution >= 4 is 11.8 Å². The molecule has 0 bridgehead atoms. The quantitative estimate of drug-likeness (QED) is 0.659. The molecule has 0 heterocycles. The Bertz CT molecular complexity index is 105. The van der Waals surface area contributed by atoms with Crippen LogP contribution in [0.1, 0.15) is 41.0 Å². The Balaban J connectivity index is 4.02. The second-order valence-corrected chi connectivity index (χ2v) is 6.31. The van der Waals surface area contributed by atoms with E-state index >= 15 is 0 Å². The van der Waals surface area contributed by atoms with Crippen molar-refractivity contribution in [1.82, 2.24) is 5.32 Å². The van der Waals surface area contributed by atoms with Gasteiger partial charge in [-0.3, -0.25) is 0 Å². The lowest BCUT2D eigenvalue weighted by atomic mass is 10.1. The molecule has 68 valence electrons. The maximum atomic E-state index is 3.29. The smallest absolute Gasteiger partial charge is 0.0591 e. The molecule has 0 saturated heterocycles. The van der Waals surface area contributed by atoms with E-state index in [0.29, 0.717) is 4.75 Å². The lowest BCUT2D eigenvalue weighted by molar-refractivity contribution is 0.583. The second-order valence-electron chi connectivity index (χ2n) is 3.98. The maximum Gasteiger partial charge on any atom is 0.0591 e. The zero-order valence-electron chi connectivity index (χ0n) is 8.62.